The summed E-state index contributed by atoms with van der Waals surface area (Å²) in [4.78, 5) is 11.0. The van der Waals surface area contributed by atoms with E-state index in [1.165, 1.54) is 0 Å². The fourth-order valence-corrected chi connectivity index (χ4v) is 2.27. The molecule has 0 aromatic heterocycles. The van der Waals surface area contributed by atoms with Gasteiger partial charge in [-0.15, -0.1) is 0 Å². The van der Waals surface area contributed by atoms with Crippen molar-refractivity contribution in [2.75, 3.05) is 6.54 Å². The van der Waals surface area contributed by atoms with Gasteiger partial charge in [-0.3, -0.25) is 4.79 Å². The number of rotatable bonds is 7. The SMILES string of the molecule is CCCCC(NCC1CCCC1O)C(=O)O. The van der Waals surface area contributed by atoms with Crippen molar-refractivity contribution in [1.29, 1.82) is 0 Å². The van der Waals surface area contributed by atoms with Gasteiger partial charge >= 0.3 is 5.97 Å². The van der Waals surface area contributed by atoms with Crippen LogP contribution in [0.4, 0.5) is 0 Å². The summed E-state index contributed by atoms with van der Waals surface area (Å²) in [6.45, 7) is 2.68. The molecule has 16 heavy (non-hydrogen) atoms. The number of hydrogen-bond acceptors (Lipinski definition) is 3. The topological polar surface area (TPSA) is 69.6 Å². The summed E-state index contributed by atoms with van der Waals surface area (Å²) in [7, 11) is 0. The second-order valence-corrected chi connectivity index (χ2v) is 4.70. The van der Waals surface area contributed by atoms with E-state index in [-0.39, 0.29) is 12.0 Å². The van der Waals surface area contributed by atoms with Crippen LogP contribution in [-0.4, -0.2) is 34.9 Å². The monoisotopic (exact) mass is 229 g/mol. The van der Waals surface area contributed by atoms with Gasteiger partial charge in [0.1, 0.15) is 6.04 Å². The van der Waals surface area contributed by atoms with Crippen molar-refractivity contribution in [1.82, 2.24) is 5.32 Å². The van der Waals surface area contributed by atoms with Crippen molar-refractivity contribution in [3.05, 3.63) is 0 Å². The molecular formula is C12H23NO3. The van der Waals surface area contributed by atoms with Crippen LogP contribution in [0.2, 0.25) is 0 Å². The van der Waals surface area contributed by atoms with Crippen molar-refractivity contribution >= 4 is 5.97 Å². The number of carbonyl (C=O) groups is 1. The molecule has 1 aliphatic rings. The van der Waals surface area contributed by atoms with Crippen LogP contribution in [0.1, 0.15) is 45.4 Å². The molecule has 0 radical (unpaired) electrons. The van der Waals surface area contributed by atoms with Gasteiger partial charge in [-0.2, -0.15) is 0 Å². The van der Waals surface area contributed by atoms with Crippen molar-refractivity contribution in [2.24, 2.45) is 5.92 Å². The highest BCUT2D eigenvalue weighted by atomic mass is 16.4. The zero-order valence-electron chi connectivity index (χ0n) is 9.98. The van der Waals surface area contributed by atoms with Crippen LogP contribution in [0, 0.1) is 5.92 Å². The molecule has 1 aliphatic carbocycles. The van der Waals surface area contributed by atoms with Crippen molar-refractivity contribution in [3.63, 3.8) is 0 Å². The molecule has 3 N–H and O–H groups in total. The molecule has 1 rings (SSSR count). The van der Waals surface area contributed by atoms with E-state index in [1.54, 1.807) is 0 Å². The Labute approximate surface area is 97.0 Å². The second-order valence-electron chi connectivity index (χ2n) is 4.70. The molecule has 0 aromatic rings. The first-order chi connectivity index (χ1) is 7.65. The standard InChI is InChI=1S/C12H23NO3/c1-2-3-6-10(12(15)16)13-8-9-5-4-7-11(9)14/h9-11,13-14H,2-8H2,1H3,(H,15,16). The molecular weight excluding hydrogens is 206 g/mol. The van der Waals surface area contributed by atoms with Gasteiger partial charge in [0.15, 0.2) is 0 Å². The van der Waals surface area contributed by atoms with Crippen molar-refractivity contribution < 1.29 is 15.0 Å². The fourth-order valence-electron chi connectivity index (χ4n) is 2.27. The molecule has 0 heterocycles. The Bertz CT molecular complexity index is 220. The van der Waals surface area contributed by atoms with E-state index < -0.39 is 12.0 Å². The molecule has 0 amide bonds. The molecule has 0 aliphatic heterocycles. The second kappa shape index (κ2) is 6.86. The molecule has 4 nitrogen and oxygen atoms in total. The van der Waals surface area contributed by atoms with Crippen LogP contribution >= 0.6 is 0 Å². The van der Waals surface area contributed by atoms with Crippen molar-refractivity contribution in [2.45, 2.75) is 57.6 Å². The number of aliphatic hydroxyl groups is 1. The quantitative estimate of drug-likeness (QED) is 0.617. The zero-order valence-corrected chi connectivity index (χ0v) is 9.98. The minimum Gasteiger partial charge on any atom is -0.480 e. The lowest BCUT2D eigenvalue weighted by molar-refractivity contribution is -0.139. The van der Waals surface area contributed by atoms with E-state index in [0.717, 1.165) is 32.1 Å². The first-order valence-electron chi connectivity index (χ1n) is 6.29. The lowest BCUT2D eigenvalue weighted by Crippen LogP contribution is -2.40. The lowest BCUT2D eigenvalue weighted by atomic mass is 10.0. The first kappa shape index (κ1) is 13.5. The van der Waals surface area contributed by atoms with Gasteiger partial charge in [0.05, 0.1) is 6.10 Å². The van der Waals surface area contributed by atoms with Gasteiger partial charge in [-0.25, -0.2) is 0 Å². The van der Waals surface area contributed by atoms with Gasteiger partial charge in [0.25, 0.3) is 0 Å². The van der Waals surface area contributed by atoms with Crippen LogP contribution < -0.4 is 5.32 Å². The number of aliphatic carboxylic acids is 1. The van der Waals surface area contributed by atoms with Crippen molar-refractivity contribution in [3.8, 4) is 0 Å². The summed E-state index contributed by atoms with van der Waals surface area (Å²) in [5.74, 6) is -0.538. The highest BCUT2D eigenvalue weighted by Gasteiger charge is 2.26. The van der Waals surface area contributed by atoms with E-state index in [9.17, 15) is 9.90 Å². The van der Waals surface area contributed by atoms with Crippen LogP contribution in [0.5, 0.6) is 0 Å². The smallest absolute Gasteiger partial charge is 0.320 e. The molecule has 0 bridgehead atoms. The van der Waals surface area contributed by atoms with Gasteiger partial charge in [0, 0.05) is 6.54 Å². The summed E-state index contributed by atoms with van der Waals surface area (Å²) >= 11 is 0. The highest BCUT2D eigenvalue weighted by molar-refractivity contribution is 5.73. The highest BCUT2D eigenvalue weighted by Crippen LogP contribution is 2.24. The Morgan fingerprint density at radius 3 is 2.75 bits per heavy atom. The lowest BCUT2D eigenvalue weighted by Gasteiger charge is -2.19. The third-order valence-corrected chi connectivity index (χ3v) is 3.39. The average molecular weight is 229 g/mol. The van der Waals surface area contributed by atoms with E-state index in [0.29, 0.717) is 13.0 Å². The number of unbranched alkanes of at least 4 members (excludes halogenated alkanes) is 1. The summed E-state index contributed by atoms with van der Waals surface area (Å²) in [5, 5.41) is 21.7. The molecule has 0 saturated heterocycles. The molecule has 0 aromatic carbocycles. The third-order valence-electron chi connectivity index (χ3n) is 3.39. The van der Waals surface area contributed by atoms with Crippen LogP contribution in [0.3, 0.4) is 0 Å². The molecule has 1 saturated carbocycles. The molecule has 0 spiro atoms. The van der Waals surface area contributed by atoms with Gasteiger partial charge in [-0.1, -0.05) is 26.2 Å². The molecule has 1 fully saturated rings. The maximum Gasteiger partial charge on any atom is 0.320 e. The van der Waals surface area contributed by atoms with Crippen LogP contribution in [0.15, 0.2) is 0 Å². The normalized spacial score (nSPS) is 26.9. The number of carboxylic acid groups (broad SMARTS) is 1. The number of nitrogens with one attached hydrogen (secondary N) is 1. The van der Waals surface area contributed by atoms with E-state index in [2.05, 4.69) is 12.2 Å². The van der Waals surface area contributed by atoms with E-state index >= 15 is 0 Å². The minimum atomic E-state index is -0.777. The van der Waals surface area contributed by atoms with Crippen LogP contribution in [0.25, 0.3) is 0 Å². The van der Waals surface area contributed by atoms with Crippen LogP contribution in [-0.2, 0) is 4.79 Å². The number of aliphatic hydroxyl groups excluding tert-OH is 1. The van der Waals surface area contributed by atoms with E-state index in [4.69, 9.17) is 5.11 Å². The minimum absolute atomic E-state index is 0.239. The average Bonchev–Trinajstić information content (AvgIpc) is 2.64. The predicted molar refractivity (Wildman–Crippen MR) is 62.3 cm³/mol. The summed E-state index contributed by atoms with van der Waals surface area (Å²) < 4.78 is 0. The number of carboxylic acids is 1. The van der Waals surface area contributed by atoms with Gasteiger partial charge in [-0.05, 0) is 25.2 Å². The van der Waals surface area contributed by atoms with Gasteiger partial charge < -0.3 is 15.5 Å². The largest absolute Gasteiger partial charge is 0.480 e. The Hall–Kier alpha value is -0.610. The maximum atomic E-state index is 11.0. The molecule has 4 heteroatoms. The maximum absolute atomic E-state index is 11.0. The predicted octanol–water partition coefficient (Wildman–Crippen LogP) is 1.38. The Morgan fingerprint density at radius 1 is 1.50 bits per heavy atom. The molecule has 3 unspecified atom stereocenters. The summed E-state index contributed by atoms with van der Waals surface area (Å²) in [6.07, 6.45) is 5.30. The fraction of sp³-hybridized carbons (Fsp3) is 0.917. The number of hydrogen-bond donors (Lipinski definition) is 3. The molecule has 94 valence electrons. The van der Waals surface area contributed by atoms with E-state index in [1.807, 2.05) is 0 Å². The Balaban J connectivity index is 2.28. The van der Waals surface area contributed by atoms with Gasteiger partial charge in [0.2, 0.25) is 0 Å². The summed E-state index contributed by atoms with van der Waals surface area (Å²) in [5.41, 5.74) is 0. The Morgan fingerprint density at radius 2 is 2.25 bits per heavy atom. The molecule has 3 atom stereocenters. The third kappa shape index (κ3) is 4.10. The summed E-state index contributed by atoms with van der Waals surface area (Å²) in [6, 6.07) is -0.451. The first-order valence-corrected chi connectivity index (χ1v) is 6.29. The Kier molecular flexibility index (Phi) is 5.77. The zero-order chi connectivity index (χ0) is 12.0.